The van der Waals surface area contributed by atoms with Gasteiger partial charge in [-0.1, -0.05) is 60.7 Å². The highest BCUT2D eigenvalue weighted by molar-refractivity contribution is 6.04. The minimum absolute atomic E-state index is 0.106. The average Bonchev–Trinajstić information content (AvgIpc) is 3.07. The summed E-state index contributed by atoms with van der Waals surface area (Å²) in [7, 11) is 0. The van der Waals surface area contributed by atoms with Crippen LogP contribution in [0.1, 0.15) is 38.4 Å². The fourth-order valence-corrected chi connectivity index (χ4v) is 3.63. The Balaban J connectivity index is 1.51. The highest BCUT2D eigenvalue weighted by Crippen LogP contribution is 2.20. The number of hydrogen-bond donors (Lipinski definition) is 1. The van der Waals surface area contributed by atoms with Crippen LogP contribution < -0.4 is 5.32 Å². The molecule has 0 aliphatic rings. The molecule has 1 heterocycles. The van der Waals surface area contributed by atoms with Crippen molar-refractivity contribution in [1.29, 1.82) is 0 Å². The van der Waals surface area contributed by atoms with E-state index in [9.17, 15) is 4.79 Å². The van der Waals surface area contributed by atoms with E-state index < -0.39 is 0 Å². The lowest BCUT2D eigenvalue weighted by molar-refractivity contribution is 0.102. The molecular weight excluding hydrogens is 370 g/mol. The lowest BCUT2D eigenvalue weighted by Crippen LogP contribution is -2.14. The minimum atomic E-state index is -0.106. The van der Waals surface area contributed by atoms with E-state index in [0.29, 0.717) is 12.1 Å². The van der Waals surface area contributed by atoms with Crippen LogP contribution in [0.25, 0.3) is 0 Å². The normalized spacial score (nSPS) is 10.7. The van der Waals surface area contributed by atoms with Crippen LogP contribution in [-0.4, -0.2) is 15.7 Å². The van der Waals surface area contributed by atoms with Crippen LogP contribution >= 0.6 is 0 Å². The van der Waals surface area contributed by atoms with Crippen molar-refractivity contribution < 1.29 is 4.79 Å². The van der Waals surface area contributed by atoms with Crippen molar-refractivity contribution in [2.75, 3.05) is 5.32 Å². The third kappa shape index (κ3) is 4.66. The van der Waals surface area contributed by atoms with Crippen molar-refractivity contribution >= 4 is 11.6 Å². The van der Waals surface area contributed by atoms with Crippen LogP contribution in [0.4, 0.5) is 5.69 Å². The highest BCUT2D eigenvalue weighted by Gasteiger charge is 2.11. The molecule has 1 aromatic heterocycles. The van der Waals surface area contributed by atoms with Gasteiger partial charge in [0.25, 0.3) is 5.91 Å². The topological polar surface area (TPSA) is 46.9 Å². The zero-order valence-electron chi connectivity index (χ0n) is 17.3. The molecule has 0 unspecified atom stereocenters. The third-order valence-corrected chi connectivity index (χ3v) is 5.13. The second-order valence-corrected chi connectivity index (χ2v) is 7.56. The second-order valence-electron chi connectivity index (χ2n) is 7.56. The summed E-state index contributed by atoms with van der Waals surface area (Å²) in [6, 6.07) is 28.0. The number of aryl methyl sites for hydroxylation is 2. The van der Waals surface area contributed by atoms with Crippen molar-refractivity contribution in [2.24, 2.45) is 0 Å². The van der Waals surface area contributed by atoms with Gasteiger partial charge < -0.3 is 5.32 Å². The molecule has 0 aliphatic carbocycles. The molecule has 0 saturated carbocycles. The first-order valence-corrected chi connectivity index (χ1v) is 10.1. The number of amides is 1. The maximum atomic E-state index is 13.0. The van der Waals surface area contributed by atoms with E-state index in [1.807, 2.05) is 79.2 Å². The number of anilines is 1. The maximum Gasteiger partial charge on any atom is 0.255 e. The summed E-state index contributed by atoms with van der Waals surface area (Å²) in [6.07, 6.45) is 0.773. The molecule has 3 aromatic carbocycles. The fraction of sp³-hybridized carbons (Fsp3) is 0.154. The van der Waals surface area contributed by atoms with Crippen molar-refractivity contribution in [3.63, 3.8) is 0 Å². The third-order valence-electron chi connectivity index (χ3n) is 5.13. The molecule has 0 bridgehead atoms. The number of rotatable bonds is 6. The van der Waals surface area contributed by atoms with Gasteiger partial charge in [0, 0.05) is 16.9 Å². The molecule has 0 aliphatic heterocycles. The van der Waals surface area contributed by atoms with E-state index in [1.165, 1.54) is 5.56 Å². The van der Waals surface area contributed by atoms with Crippen molar-refractivity contribution in [1.82, 2.24) is 9.78 Å². The predicted octanol–water partition coefficient (Wildman–Crippen LogP) is 5.39. The lowest BCUT2D eigenvalue weighted by Gasteiger charge is -2.12. The smallest absolute Gasteiger partial charge is 0.255 e. The average molecular weight is 396 g/mol. The van der Waals surface area contributed by atoms with Crippen LogP contribution in [-0.2, 0) is 13.0 Å². The number of hydrogen-bond acceptors (Lipinski definition) is 2. The molecule has 0 saturated heterocycles. The molecule has 4 heteroatoms. The monoisotopic (exact) mass is 395 g/mol. The summed E-state index contributed by atoms with van der Waals surface area (Å²) in [6.45, 7) is 4.67. The number of aromatic nitrogens is 2. The van der Waals surface area contributed by atoms with Crippen molar-refractivity contribution in [3.05, 3.63) is 119 Å². The Bertz CT molecular complexity index is 1160. The van der Waals surface area contributed by atoms with E-state index >= 15 is 0 Å². The van der Waals surface area contributed by atoms with E-state index in [2.05, 4.69) is 34.7 Å². The van der Waals surface area contributed by atoms with E-state index in [-0.39, 0.29) is 5.91 Å². The second kappa shape index (κ2) is 8.78. The molecule has 150 valence electrons. The molecule has 0 fully saturated rings. The standard InChI is InChI=1S/C26H25N3O/c1-19-15-20(2)29(28-19)18-22-11-8-13-24(17-22)26(30)27-25-14-7-6-12-23(25)16-21-9-4-3-5-10-21/h3-15,17H,16,18H2,1-2H3,(H,27,30). The van der Waals surface area contributed by atoms with Gasteiger partial charge in [-0.25, -0.2) is 0 Å². The van der Waals surface area contributed by atoms with Crippen molar-refractivity contribution in [3.8, 4) is 0 Å². The van der Waals surface area contributed by atoms with Gasteiger partial charge in [0.1, 0.15) is 0 Å². The summed E-state index contributed by atoms with van der Waals surface area (Å²) >= 11 is 0. The molecule has 1 amide bonds. The number of nitrogens with one attached hydrogen (secondary N) is 1. The Morgan fingerprint density at radius 3 is 2.37 bits per heavy atom. The molecule has 0 radical (unpaired) electrons. The molecule has 1 N–H and O–H groups in total. The first kappa shape index (κ1) is 19.6. The van der Waals surface area contributed by atoms with E-state index in [1.54, 1.807) is 0 Å². The van der Waals surface area contributed by atoms with Gasteiger partial charge in [-0.05, 0) is 61.2 Å². The summed E-state index contributed by atoms with van der Waals surface area (Å²) in [5.41, 5.74) is 6.95. The van der Waals surface area contributed by atoms with E-state index in [4.69, 9.17) is 0 Å². The van der Waals surface area contributed by atoms with Crippen molar-refractivity contribution in [2.45, 2.75) is 26.8 Å². The Kier molecular flexibility index (Phi) is 5.75. The fourth-order valence-electron chi connectivity index (χ4n) is 3.63. The lowest BCUT2D eigenvalue weighted by atomic mass is 10.0. The number of para-hydroxylation sites is 1. The number of carbonyl (C=O) groups excluding carboxylic acids is 1. The van der Waals surface area contributed by atoms with Gasteiger partial charge in [-0.3, -0.25) is 9.48 Å². The molecule has 4 rings (SSSR count). The summed E-state index contributed by atoms with van der Waals surface area (Å²) < 4.78 is 1.96. The van der Waals surface area contributed by atoms with Crippen LogP contribution in [0.3, 0.4) is 0 Å². The van der Waals surface area contributed by atoms with Gasteiger partial charge in [0.2, 0.25) is 0 Å². The Morgan fingerprint density at radius 2 is 1.60 bits per heavy atom. The minimum Gasteiger partial charge on any atom is -0.322 e. The van der Waals surface area contributed by atoms with Gasteiger partial charge in [0.05, 0.1) is 12.2 Å². The molecule has 4 nitrogen and oxygen atoms in total. The Morgan fingerprint density at radius 1 is 0.867 bits per heavy atom. The summed E-state index contributed by atoms with van der Waals surface area (Å²) in [5.74, 6) is -0.106. The van der Waals surface area contributed by atoms with Crippen LogP contribution in [0, 0.1) is 13.8 Å². The SMILES string of the molecule is Cc1cc(C)n(Cc2cccc(C(=O)Nc3ccccc3Cc3ccccc3)c2)n1. The zero-order valence-corrected chi connectivity index (χ0v) is 17.3. The first-order valence-electron chi connectivity index (χ1n) is 10.1. The molecule has 0 spiro atoms. The highest BCUT2D eigenvalue weighted by atomic mass is 16.1. The van der Waals surface area contributed by atoms with Crippen LogP contribution in [0.15, 0.2) is 84.9 Å². The van der Waals surface area contributed by atoms with Gasteiger partial charge >= 0.3 is 0 Å². The molecule has 0 atom stereocenters. The first-order chi connectivity index (χ1) is 14.6. The van der Waals surface area contributed by atoms with Crippen LogP contribution in [0.5, 0.6) is 0 Å². The number of carbonyl (C=O) groups is 1. The predicted molar refractivity (Wildman–Crippen MR) is 121 cm³/mol. The Hall–Kier alpha value is -3.66. The zero-order chi connectivity index (χ0) is 20.9. The molecular formula is C26H25N3O. The summed E-state index contributed by atoms with van der Waals surface area (Å²) in [4.78, 5) is 13.0. The number of benzene rings is 3. The van der Waals surface area contributed by atoms with E-state index in [0.717, 1.165) is 34.6 Å². The maximum absolute atomic E-state index is 13.0. The summed E-state index contributed by atoms with van der Waals surface area (Å²) in [5, 5.41) is 7.61. The van der Waals surface area contributed by atoms with Gasteiger partial charge in [-0.2, -0.15) is 5.10 Å². The van der Waals surface area contributed by atoms with Crippen LogP contribution in [0.2, 0.25) is 0 Å². The Labute approximate surface area is 177 Å². The number of nitrogens with zero attached hydrogens (tertiary/aromatic N) is 2. The largest absolute Gasteiger partial charge is 0.322 e. The van der Waals surface area contributed by atoms with Gasteiger partial charge in [-0.15, -0.1) is 0 Å². The molecule has 30 heavy (non-hydrogen) atoms. The van der Waals surface area contributed by atoms with Gasteiger partial charge in [0.15, 0.2) is 0 Å². The molecule has 4 aromatic rings. The quantitative estimate of drug-likeness (QED) is 0.476.